The molecule has 0 unspecified atom stereocenters. The Labute approximate surface area is 99.1 Å². The summed E-state index contributed by atoms with van der Waals surface area (Å²) in [5.74, 6) is 0.485. The van der Waals surface area contributed by atoms with E-state index in [1.807, 2.05) is 31.2 Å². The highest BCUT2D eigenvalue weighted by Crippen LogP contribution is 2.21. The van der Waals surface area contributed by atoms with E-state index in [2.05, 4.69) is 15.1 Å². The van der Waals surface area contributed by atoms with Crippen LogP contribution in [-0.4, -0.2) is 5.26 Å². The van der Waals surface area contributed by atoms with Gasteiger partial charge in [-0.2, -0.15) is 10.2 Å². The molecule has 2 N–H and O–H groups in total. The molecule has 0 spiro atoms. The maximum absolute atomic E-state index is 6.72. The molecule has 17 heavy (non-hydrogen) atoms. The van der Waals surface area contributed by atoms with Gasteiger partial charge in [0.1, 0.15) is 0 Å². The SMILES string of the molecule is Cc1ccc(N=Nc2ccc(O[OH2+])cc2)cc1. The summed E-state index contributed by atoms with van der Waals surface area (Å²) in [5, 5.41) is 14.9. The van der Waals surface area contributed by atoms with Crippen molar-refractivity contribution in [3.63, 3.8) is 0 Å². The molecule has 2 aromatic rings. The molecular formula is C13H13N2O2+. The van der Waals surface area contributed by atoms with Crippen molar-refractivity contribution in [1.29, 1.82) is 0 Å². The summed E-state index contributed by atoms with van der Waals surface area (Å²) in [6.07, 6.45) is 0. The molecule has 4 nitrogen and oxygen atoms in total. The molecule has 2 aromatic carbocycles. The van der Waals surface area contributed by atoms with Crippen molar-refractivity contribution < 1.29 is 10.1 Å². The first-order valence-electron chi connectivity index (χ1n) is 5.20. The monoisotopic (exact) mass is 229 g/mol. The zero-order valence-electron chi connectivity index (χ0n) is 9.42. The quantitative estimate of drug-likeness (QED) is 0.344. The van der Waals surface area contributed by atoms with Crippen LogP contribution in [-0.2, 0) is 0 Å². The summed E-state index contributed by atoms with van der Waals surface area (Å²) >= 11 is 0. The second kappa shape index (κ2) is 5.23. The first-order valence-corrected chi connectivity index (χ1v) is 5.20. The third kappa shape index (κ3) is 3.12. The van der Waals surface area contributed by atoms with Crippen LogP contribution < -0.4 is 4.89 Å². The van der Waals surface area contributed by atoms with E-state index in [1.54, 1.807) is 24.3 Å². The predicted octanol–water partition coefficient (Wildman–Crippen LogP) is 3.43. The Morgan fingerprint density at radius 1 is 0.824 bits per heavy atom. The maximum Gasteiger partial charge on any atom is 0.213 e. The Balaban J connectivity index is 2.11. The third-order valence-electron chi connectivity index (χ3n) is 2.27. The molecule has 0 radical (unpaired) electrons. The van der Waals surface area contributed by atoms with Crippen molar-refractivity contribution in [2.45, 2.75) is 6.92 Å². The number of aryl methyl sites for hydroxylation is 1. The molecule has 0 bridgehead atoms. The van der Waals surface area contributed by atoms with Crippen LogP contribution in [0.5, 0.6) is 5.75 Å². The summed E-state index contributed by atoms with van der Waals surface area (Å²) in [6.45, 7) is 2.03. The van der Waals surface area contributed by atoms with E-state index in [0.717, 1.165) is 11.4 Å². The highest BCUT2D eigenvalue weighted by atomic mass is 17.1. The van der Waals surface area contributed by atoms with Gasteiger partial charge in [0.15, 0.2) is 0 Å². The summed E-state index contributed by atoms with van der Waals surface area (Å²) in [5.41, 5.74) is 2.74. The molecule has 86 valence electrons. The molecule has 0 amide bonds. The average Bonchev–Trinajstić information content (AvgIpc) is 2.39. The predicted molar refractivity (Wildman–Crippen MR) is 66.0 cm³/mol. The summed E-state index contributed by atoms with van der Waals surface area (Å²) in [4.78, 5) is 4.32. The molecule has 0 saturated carbocycles. The molecule has 0 aliphatic carbocycles. The molecule has 0 aliphatic heterocycles. The third-order valence-corrected chi connectivity index (χ3v) is 2.27. The van der Waals surface area contributed by atoms with Gasteiger partial charge in [-0.25, -0.2) is 10.1 Å². The van der Waals surface area contributed by atoms with Crippen molar-refractivity contribution in [1.82, 2.24) is 0 Å². The first kappa shape index (κ1) is 11.3. The van der Waals surface area contributed by atoms with E-state index >= 15 is 0 Å². The van der Waals surface area contributed by atoms with E-state index in [1.165, 1.54) is 5.56 Å². The fourth-order valence-corrected chi connectivity index (χ4v) is 1.31. The fraction of sp³-hybridized carbons (Fsp3) is 0.0769. The highest BCUT2D eigenvalue weighted by molar-refractivity contribution is 5.43. The summed E-state index contributed by atoms with van der Waals surface area (Å²) < 4.78 is 0. The van der Waals surface area contributed by atoms with Crippen molar-refractivity contribution >= 4 is 11.4 Å². The van der Waals surface area contributed by atoms with E-state index < -0.39 is 0 Å². The van der Waals surface area contributed by atoms with Gasteiger partial charge in [0.25, 0.3) is 0 Å². The lowest BCUT2D eigenvalue weighted by Crippen LogP contribution is -1.80. The lowest BCUT2D eigenvalue weighted by atomic mass is 10.2. The van der Waals surface area contributed by atoms with Gasteiger partial charge in [0, 0.05) is 0 Å². The van der Waals surface area contributed by atoms with Gasteiger partial charge in [-0.1, -0.05) is 17.7 Å². The number of hydrogen-bond acceptors (Lipinski definition) is 3. The largest absolute Gasteiger partial charge is 0.227 e. The molecule has 0 heterocycles. The van der Waals surface area contributed by atoms with E-state index in [0.29, 0.717) is 5.75 Å². The zero-order chi connectivity index (χ0) is 12.1. The van der Waals surface area contributed by atoms with E-state index in [4.69, 9.17) is 5.26 Å². The second-order valence-corrected chi connectivity index (χ2v) is 3.63. The Bertz CT molecular complexity index is 504. The standard InChI is InChI=1S/C13H12N2O2/c1-10-2-4-11(5-3-10)14-15-12-6-8-13(17-16)9-7-12/h2-9,16H,1H3/p+1. The van der Waals surface area contributed by atoms with Crippen LogP contribution in [0.3, 0.4) is 0 Å². The molecular weight excluding hydrogens is 216 g/mol. The number of benzene rings is 2. The van der Waals surface area contributed by atoms with Gasteiger partial charge in [0.05, 0.1) is 11.4 Å². The Morgan fingerprint density at radius 3 is 1.76 bits per heavy atom. The zero-order valence-corrected chi connectivity index (χ0v) is 9.42. The molecule has 0 atom stereocenters. The first-order chi connectivity index (χ1) is 8.28. The maximum atomic E-state index is 6.72. The van der Waals surface area contributed by atoms with Crippen LogP contribution in [0, 0.1) is 6.92 Å². The minimum atomic E-state index is 0.485. The summed E-state index contributed by atoms with van der Waals surface area (Å²) in [6, 6.07) is 14.7. The van der Waals surface area contributed by atoms with Crippen LogP contribution >= 0.6 is 0 Å². The molecule has 0 aliphatic rings. The molecule has 0 aromatic heterocycles. The van der Waals surface area contributed by atoms with Crippen LogP contribution in [0.4, 0.5) is 11.4 Å². The van der Waals surface area contributed by atoms with Crippen LogP contribution in [0.1, 0.15) is 5.56 Å². The smallest absolute Gasteiger partial charge is 0.213 e. The minimum absolute atomic E-state index is 0.485. The number of azo groups is 1. The molecule has 0 saturated heterocycles. The second-order valence-electron chi connectivity index (χ2n) is 3.63. The Hall–Kier alpha value is -2.20. The van der Waals surface area contributed by atoms with Gasteiger partial charge < -0.3 is 0 Å². The lowest BCUT2D eigenvalue weighted by Gasteiger charge is -1.95. The number of rotatable bonds is 3. The number of hydrogen-bond donors (Lipinski definition) is 0. The van der Waals surface area contributed by atoms with Crippen molar-refractivity contribution in [3.8, 4) is 5.75 Å². The lowest BCUT2D eigenvalue weighted by molar-refractivity contribution is -0.137. The van der Waals surface area contributed by atoms with Gasteiger partial charge in [-0.15, -0.1) is 0 Å². The van der Waals surface area contributed by atoms with Crippen molar-refractivity contribution in [2.75, 3.05) is 0 Å². The Kier molecular flexibility index (Phi) is 3.47. The minimum Gasteiger partial charge on any atom is -0.227 e. The normalized spacial score (nSPS) is 10.7. The fourth-order valence-electron chi connectivity index (χ4n) is 1.31. The van der Waals surface area contributed by atoms with Crippen molar-refractivity contribution in [2.24, 2.45) is 10.2 Å². The van der Waals surface area contributed by atoms with Gasteiger partial charge >= 0.3 is 0 Å². The topological polar surface area (TPSA) is 56.9 Å². The molecule has 0 fully saturated rings. The van der Waals surface area contributed by atoms with Gasteiger partial charge in [-0.3, -0.25) is 0 Å². The molecule has 4 heteroatoms. The van der Waals surface area contributed by atoms with Crippen LogP contribution in [0.15, 0.2) is 58.8 Å². The van der Waals surface area contributed by atoms with Gasteiger partial charge in [0.2, 0.25) is 5.75 Å². The van der Waals surface area contributed by atoms with Gasteiger partial charge in [-0.05, 0) is 43.3 Å². The summed E-state index contributed by atoms with van der Waals surface area (Å²) in [7, 11) is 0. The van der Waals surface area contributed by atoms with Crippen molar-refractivity contribution in [3.05, 3.63) is 54.1 Å². The van der Waals surface area contributed by atoms with Crippen LogP contribution in [0.2, 0.25) is 0 Å². The van der Waals surface area contributed by atoms with E-state index in [-0.39, 0.29) is 0 Å². The Morgan fingerprint density at radius 2 is 1.29 bits per heavy atom. The average molecular weight is 229 g/mol. The highest BCUT2D eigenvalue weighted by Gasteiger charge is 1.95. The van der Waals surface area contributed by atoms with E-state index in [9.17, 15) is 0 Å². The number of nitrogens with zero attached hydrogens (tertiary/aromatic N) is 2. The van der Waals surface area contributed by atoms with Crippen LogP contribution in [0.25, 0.3) is 0 Å². The molecule has 2 rings (SSSR count).